The van der Waals surface area contributed by atoms with Crippen molar-refractivity contribution in [1.82, 2.24) is 0 Å². The van der Waals surface area contributed by atoms with Gasteiger partial charge in [0.25, 0.3) is 0 Å². The molecule has 0 unspecified atom stereocenters. The number of aldehydes is 1. The molecule has 0 rings (SSSR count). The number of hydrogen-bond donors (Lipinski definition) is 1. The average Bonchev–Trinajstić information content (AvgIpc) is 1.69. The Kier molecular flexibility index (Phi) is 27.4. The number of carbonyl (C=O) groups excluding carboxylic acids is 2. The van der Waals surface area contributed by atoms with E-state index in [1.54, 1.807) is 6.92 Å². The molecule has 3 heteroatoms. The first-order chi connectivity index (χ1) is 3.68. The van der Waals surface area contributed by atoms with Crippen LogP contribution in [0.3, 0.4) is 0 Å². The molecule has 2 N–H and O–H groups in total. The summed E-state index contributed by atoms with van der Waals surface area (Å²) in [6.45, 7) is 3.17. The van der Waals surface area contributed by atoms with E-state index in [1.165, 1.54) is 6.92 Å². The van der Waals surface area contributed by atoms with E-state index in [1.807, 2.05) is 0 Å². The lowest BCUT2D eigenvalue weighted by Gasteiger charge is -1.73. The molecular formula is C6H15NO2. The number of carbonyl (C=O) groups is 2. The maximum absolute atomic E-state index is 9.59. The van der Waals surface area contributed by atoms with Crippen molar-refractivity contribution in [3.05, 3.63) is 0 Å². The quantitative estimate of drug-likeness (QED) is 0.536. The van der Waals surface area contributed by atoms with Crippen LogP contribution in [-0.4, -0.2) is 12.2 Å². The fourth-order valence-electron chi connectivity index (χ4n) is 0. The summed E-state index contributed by atoms with van der Waals surface area (Å²) >= 11 is 0. The van der Waals surface area contributed by atoms with Gasteiger partial charge in [0.15, 0.2) is 0 Å². The molecule has 0 bridgehead atoms. The summed E-state index contributed by atoms with van der Waals surface area (Å²) in [7, 11) is 0. The third-order valence-corrected chi connectivity index (χ3v) is 0.348. The lowest BCUT2D eigenvalue weighted by Crippen LogP contribution is -2.06. The predicted molar refractivity (Wildman–Crippen MR) is 38.0 cm³/mol. The van der Waals surface area contributed by atoms with Crippen LogP contribution in [0.1, 0.15) is 27.7 Å². The minimum absolute atomic E-state index is 0. The Morgan fingerprint density at radius 3 is 1.78 bits per heavy atom. The number of primary amides is 1. The van der Waals surface area contributed by atoms with Crippen LogP contribution in [-0.2, 0) is 9.59 Å². The normalized spacial score (nSPS) is 5.56. The molecule has 0 saturated carbocycles. The lowest BCUT2D eigenvalue weighted by molar-refractivity contribution is -0.117. The molecule has 9 heavy (non-hydrogen) atoms. The number of amides is 1. The molecule has 0 aromatic rings. The standard InChI is InChI=1S/C3H7NO.C2H4O.CH4/c1-2-3(4)5;1-2-3;/h2H2,1H3,(H2,4,5);2H,1H3;1H4. The first-order valence-corrected chi connectivity index (χ1v) is 2.37. The van der Waals surface area contributed by atoms with Gasteiger partial charge in [-0.15, -0.1) is 0 Å². The summed E-state index contributed by atoms with van der Waals surface area (Å²) in [6, 6.07) is 0. The Labute approximate surface area is 56.2 Å². The van der Waals surface area contributed by atoms with E-state index in [9.17, 15) is 4.79 Å². The van der Waals surface area contributed by atoms with Crippen LogP contribution in [0.5, 0.6) is 0 Å². The zero-order valence-corrected chi connectivity index (χ0v) is 5.18. The summed E-state index contributed by atoms with van der Waals surface area (Å²) in [6.07, 6.45) is 1.19. The molecule has 0 aliphatic heterocycles. The van der Waals surface area contributed by atoms with Crippen molar-refractivity contribution in [2.45, 2.75) is 27.7 Å². The Morgan fingerprint density at radius 2 is 1.78 bits per heavy atom. The highest BCUT2D eigenvalue weighted by Crippen LogP contribution is 1.63. The Bertz CT molecular complexity index is 71.5. The van der Waals surface area contributed by atoms with Crippen molar-refractivity contribution in [3.63, 3.8) is 0 Å². The zero-order chi connectivity index (χ0) is 6.99. The van der Waals surface area contributed by atoms with E-state index >= 15 is 0 Å². The van der Waals surface area contributed by atoms with Crippen LogP contribution >= 0.6 is 0 Å². The van der Waals surface area contributed by atoms with Gasteiger partial charge in [0.1, 0.15) is 6.29 Å². The molecule has 0 aliphatic carbocycles. The van der Waals surface area contributed by atoms with Gasteiger partial charge >= 0.3 is 0 Å². The number of nitrogens with two attached hydrogens (primary N) is 1. The van der Waals surface area contributed by atoms with E-state index in [0.29, 0.717) is 6.42 Å². The predicted octanol–water partition coefficient (Wildman–Crippen LogP) is 0.723. The van der Waals surface area contributed by atoms with Gasteiger partial charge in [-0.05, 0) is 6.92 Å². The fourth-order valence-corrected chi connectivity index (χ4v) is 0. The minimum atomic E-state index is -0.245. The Morgan fingerprint density at radius 1 is 1.67 bits per heavy atom. The first-order valence-electron chi connectivity index (χ1n) is 2.37. The largest absolute Gasteiger partial charge is 0.370 e. The van der Waals surface area contributed by atoms with Crippen molar-refractivity contribution in [3.8, 4) is 0 Å². The summed E-state index contributed by atoms with van der Waals surface area (Å²) < 4.78 is 0. The third kappa shape index (κ3) is 145. The van der Waals surface area contributed by atoms with Crippen LogP contribution in [0.25, 0.3) is 0 Å². The van der Waals surface area contributed by atoms with Crippen LogP contribution in [0.4, 0.5) is 0 Å². The maximum atomic E-state index is 9.59. The molecular weight excluding hydrogens is 118 g/mol. The van der Waals surface area contributed by atoms with E-state index in [2.05, 4.69) is 5.73 Å². The molecule has 0 radical (unpaired) electrons. The van der Waals surface area contributed by atoms with Gasteiger partial charge in [0.2, 0.25) is 5.91 Å². The molecule has 56 valence electrons. The Balaban J connectivity index is -0.0000000800. The highest BCUT2D eigenvalue weighted by molar-refractivity contribution is 5.73. The highest BCUT2D eigenvalue weighted by Gasteiger charge is 1.77. The van der Waals surface area contributed by atoms with Crippen molar-refractivity contribution in [1.29, 1.82) is 0 Å². The fraction of sp³-hybridized carbons (Fsp3) is 0.667. The molecule has 0 fully saturated rings. The van der Waals surface area contributed by atoms with Gasteiger partial charge in [0, 0.05) is 6.42 Å². The van der Waals surface area contributed by atoms with Crippen molar-refractivity contribution < 1.29 is 9.59 Å². The number of hydrogen-bond acceptors (Lipinski definition) is 2. The second-order valence-electron chi connectivity index (χ2n) is 1.06. The second kappa shape index (κ2) is 15.7. The first kappa shape index (κ1) is 15.7. The van der Waals surface area contributed by atoms with E-state index in [0.717, 1.165) is 6.29 Å². The second-order valence-corrected chi connectivity index (χ2v) is 1.06. The Hall–Kier alpha value is -0.860. The van der Waals surface area contributed by atoms with Gasteiger partial charge in [-0.2, -0.15) is 0 Å². The summed E-state index contributed by atoms with van der Waals surface area (Å²) in [5, 5.41) is 0. The molecule has 0 heterocycles. The molecule has 0 aliphatic rings. The summed E-state index contributed by atoms with van der Waals surface area (Å²) in [5.74, 6) is -0.245. The monoisotopic (exact) mass is 133 g/mol. The van der Waals surface area contributed by atoms with E-state index < -0.39 is 0 Å². The van der Waals surface area contributed by atoms with Crippen molar-refractivity contribution in [2.24, 2.45) is 5.73 Å². The molecule has 0 spiro atoms. The van der Waals surface area contributed by atoms with Gasteiger partial charge in [0.05, 0.1) is 0 Å². The van der Waals surface area contributed by atoms with Crippen LogP contribution < -0.4 is 5.73 Å². The van der Waals surface area contributed by atoms with E-state index in [-0.39, 0.29) is 13.3 Å². The summed E-state index contributed by atoms with van der Waals surface area (Å²) in [4.78, 5) is 18.4. The van der Waals surface area contributed by atoms with Crippen molar-refractivity contribution >= 4 is 12.2 Å². The van der Waals surface area contributed by atoms with Crippen molar-refractivity contribution in [2.75, 3.05) is 0 Å². The smallest absolute Gasteiger partial charge is 0.217 e. The molecule has 0 aromatic heterocycles. The summed E-state index contributed by atoms with van der Waals surface area (Å²) in [5.41, 5.74) is 4.65. The maximum Gasteiger partial charge on any atom is 0.217 e. The molecule has 1 amide bonds. The SMILES string of the molecule is C.CC=O.CCC(N)=O. The van der Waals surface area contributed by atoms with Gasteiger partial charge in [-0.1, -0.05) is 14.4 Å². The van der Waals surface area contributed by atoms with Crippen LogP contribution in [0.2, 0.25) is 0 Å². The third-order valence-electron chi connectivity index (χ3n) is 0.348. The number of rotatable bonds is 1. The van der Waals surface area contributed by atoms with Crippen LogP contribution in [0, 0.1) is 0 Å². The molecule has 0 aromatic carbocycles. The lowest BCUT2D eigenvalue weighted by atomic mass is 10.5. The highest BCUT2D eigenvalue weighted by atomic mass is 16.1. The topological polar surface area (TPSA) is 60.2 Å². The molecule has 0 saturated heterocycles. The average molecular weight is 133 g/mol. The van der Waals surface area contributed by atoms with Gasteiger partial charge in [-0.25, -0.2) is 0 Å². The van der Waals surface area contributed by atoms with Gasteiger partial charge in [-0.3, -0.25) is 4.79 Å². The van der Waals surface area contributed by atoms with Gasteiger partial charge < -0.3 is 10.5 Å². The van der Waals surface area contributed by atoms with E-state index in [4.69, 9.17) is 4.79 Å². The molecule has 0 atom stereocenters. The zero-order valence-electron chi connectivity index (χ0n) is 5.18. The van der Waals surface area contributed by atoms with Crippen LogP contribution in [0.15, 0.2) is 0 Å². The molecule has 3 nitrogen and oxygen atoms in total. The minimum Gasteiger partial charge on any atom is -0.370 e.